The molecule has 1 aromatic heterocycles. The number of halogens is 1. The Morgan fingerprint density at radius 1 is 1.91 bits per heavy atom. The fourth-order valence-electron chi connectivity index (χ4n) is 0.766. The Bertz CT molecular complexity index is 263. The molecule has 5 heteroatoms. The molecule has 1 aromatic rings. The van der Waals surface area contributed by atoms with E-state index >= 15 is 0 Å². The standard InChI is InChI=1S/C6H7BrN2O2/c1-4-8-2-5(7)9(4)3-6(10)11/h2H,3H2,1H3,(H,10,11). The second-order valence-corrected chi connectivity index (χ2v) is 2.92. The first-order chi connectivity index (χ1) is 5.11. The normalized spacial score (nSPS) is 10.0. The second-order valence-electron chi connectivity index (χ2n) is 2.11. The summed E-state index contributed by atoms with van der Waals surface area (Å²) < 4.78 is 2.26. The zero-order chi connectivity index (χ0) is 8.43. The summed E-state index contributed by atoms with van der Waals surface area (Å²) in [4.78, 5) is 14.2. The van der Waals surface area contributed by atoms with Crippen molar-refractivity contribution in [1.82, 2.24) is 9.55 Å². The van der Waals surface area contributed by atoms with E-state index in [0.717, 1.165) is 0 Å². The minimum absolute atomic E-state index is 0.0492. The molecule has 60 valence electrons. The Morgan fingerprint density at radius 2 is 2.55 bits per heavy atom. The van der Waals surface area contributed by atoms with Gasteiger partial charge in [-0.05, 0) is 22.9 Å². The predicted octanol–water partition coefficient (Wildman–Crippen LogP) is 1.04. The number of aryl methyl sites for hydroxylation is 1. The molecule has 0 atom stereocenters. The van der Waals surface area contributed by atoms with E-state index < -0.39 is 5.97 Å². The summed E-state index contributed by atoms with van der Waals surface area (Å²) in [6.45, 7) is 1.71. The van der Waals surface area contributed by atoms with Crippen LogP contribution < -0.4 is 0 Å². The van der Waals surface area contributed by atoms with E-state index in [1.54, 1.807) is 17.7 Å². The third-order valence-corrected chi connectivity index (χ3v) is 1.93. The minimum atomic E-state index is -0.869. The maximum Gasteiger partial charge on any atom is 0.323 e. The van der Waals surface area contributed by atoms with Crippen molar-refractivity contribution in [2.75, 3.05) is 0 Å². The summed E-state index contributed by atoms with van der Waals surface area (Å²) >= 11 is 3.18. The summed E-state index contributed by atoms with van der Waals surface area (Å²) in [6, 6.07) is 0. The summed E-state index contributed by atoms with van der Waals surface area (Å²) in [5.41, 5.74) is 0. The van der Waals surface area contributed by atoms with Crippen LogP contribution in [0, 0.1) is 6.92 Å². The number of carboxylic acids is 1. The fourth-order valence-corrected chi connectivity index (χ4v) is 1.25. The van der Waals surface area contributed by atoms with Crippen molar-refractivity contribution >= 4 is 21.9 Å². The Labute approximate surface area is 72.0 Å². The highest BCUT2D eigenvalue weighted by molar-refractivity contribution is 9.10. The average Bonchev–Trinajstić information content (AvgIpc) is 2.18. The van der Waals surface area contributed by atoms with Crippen LogP contribution in [0.2, 0.25) is 0 Å². The van der Waals surface area contributed by atoms with Crippen LogP contribution in [0.1, 0.15) is 5.82 Å². The second kappa shape index (κ2) is 3.04. The number of rotatable bonds is 2. The molecule has 0 aliphatic rings. The first kappa shape index (κ1) is 8.26. The van der Waals surface area contributed by atoms with Crippen LogP contribution in [-0.4, -0.2) is 20.6 Å². The van der Waals surface area contributed by atoms with Crippen molar-refractivity contribution in [1.29, 1.82) is 0 Å². The molecule has 11 heavy (non-hydrogen) atoms. The molecule has 0 aromatic carbocycles. The van der Waals surface area contributed by atoms with Gasteiger partial charge in [0.25, 0.3) is 0 Å². The lowest BCUT2D eigenvalue weighted by Gasteiger charge is -2.00. The van der Waals surface area contributed by atoms with Crippen molar-refractivity contribution in [3.8, 4) is 0 Å². The molecule has 0 aliphatic carbocycles. The summed E-state index contributed by atoms with van der Waals surface area (Å²) in [5.74, 6) is -0.175. The van der Waals surface area contributed by atoms with Gasteiger partial charge in [0.1, 0.15) is 17.0 Å². The molecule has 1 heterocycles. The van der Waals surface area contributed by atoms with Crippen molar-refractivity contribution in [3.63, 3.8) is 0 Å². The monoisotopic (exact) mass is 218 g/mol. The van der Waals surface area contributed by atoms with Gasteiger partial charge < -0.3 is 9.67 Å². The number of aromatic nitrogens is 2. The number of aliphatic carboxylic acids is 1. The molecule has 0 saturated carbocycles. The molecule has 1 rings (SSSR count). The van der Waals surface area contributed by atoms with E-state index in [0.29, 0.717) is 10.4 Å². The molecule has 0 radical (unpaired) electrons. The highest BCUT2D eigenvalue weighted by atomic mass is 79.9. The lowest BCUT2D eigenvalue weighted by atomic mass is 10.6. The van der Waals surface area contributed by atoms with Gasteiger partial charge in [-0.2, -0.15) is 0 Å². The number of hydrogen-bond donors (Lipinski definition) is 1. The third kappa shape index (κ3) is 1.80. The number of hydrogen-bond acceptors (Lipinski definition) is 2. The van der Waals surface area contributed by atoms with Crippen LogP contribution in [-0.2, 0) is 11.3 Å². The molecule has 0 amide bonds. The maximum absolute atomic E-state index is 10.3. The van der Waals surface area contributed by atoms with Crippen LogP contribution in [0.5, 0.6) is 0 Å². The number of nitrogens with zero attached hydrogens (tertiary/aromatic N) is 2. The van der Waals surface area contributed by atoms with E-state index in [1.165, 1.54) is 0 Å². The summed E-state index contributed by atoms with van der Waals surface area (Å²) in [7, 11) is 0. The number of carbonyl (C=O) groups is 1. The Balaban J connectivity index is 2.92. The van der Waals surface area contributed by atoms with Crippen LogP contribution in [0.25, 0.3) is 0 Å². The average molecular weight is 219 g/mol. The molecule has 0 fully saturated rings. The van der Waals surface area contributed by atoms with Crippen molar-refractivity contribution < 1.29 is 9.90 Å². The molecular formula is C6H7BrN2O2. The lowest BCUT2D eigenvalue weighted by molar-refractivity contribution is -0.137. The van der Waals surface area contributed by atoms with Gasteiger partial charge in [-0.1, -0.05) is 0 Å². The van der Waals surface area contributed by atoms with Crippen molar-refractivity contribution in [3.05, 3.63) is 16.6 Å². The van der Waals surface area contributed by atoms with Gasteiger partial charge in [0, 0.05) is 0 Å². The lowest BCUT2D eigenvalue weighted by Crippen LogP contribution is -2.10. The summed E-state index contributed by atoms with van der Waals surface area (Å²) in [6.07, 6.45) is 1.58. The number of imidazole rings is 1. The van der Waals surface area contributed by atoms with E-state index in [1.807, 2.05) is 0 Å². The van der Waals surface area contributed by atoms with Crippen LogP contribution >= 0.6 is 15.9 Å². The molecule has 4 nitrogen and oxygen atoms in total. The SMILES string of the molecule is Cc1ncc(Br)n1CC(=O)O. The van der Waals surface area contributed by atoms with E-state index in [-0.39, 0.29) is 6.54 Å². The van der Waals surface area contributed by atoms with Gasteiger partial charge in [-0.15, -0.1) is 0 Å². The number of carboxylic acid groups (broad SMARTS) is 1. The first-order valence-corrected chi connectivity index (χ1v) is 3.80. The zero-order valence-corrected chi connectivity index (χ0v) is 7.50. The van der Waals surface area contributed by atoms with Gasteiger partial charge in [-0.25, -0.2) is 4.98 Å². The largest absolute Gasteiger partial charge is 0.480 e. The molecule has 0 spiro atoms. The fraction of sp³-hybridized carbons (Fsp3) is 0.333. The molecule has 0 bridgehead atoms. The van der Waals surface area contributed by atoms with E-state index in [9.17, 15) is 4.79 Å². The van der Waals surface area contributed by atoms with Gasteiger partial charge in [0.2, 0.25) is 0 Å². The summed E-state index contributed by atoms with van der Waals surface area (Å²) in [5, 5.41) is 8.46. The molecule has 0 aliphatic heterocycles. The highest BCUT2D eigenvalue weighted by Gasteiger charge is 2.06. The Kier molecular flexibility index (Phi) is 2.28. The maximum atomic E-state index is 10.3. The topological polar surface area (TPSA) is 55.1 Å². The zero-order valence-electron chi connectivity index (χ0n) is 5.91. The van der Waals surface area contributed by atoms with Crippen molar-refractivity contribution in [2.45, 2.75) is 13.5 Å². The van der Waals surface area contributed by atoms with Gasteiger partial charge in [-0.3, -0.25) is 4.79 Å². The van der Waals surface area contributed by atoms with Crippen LogP contribution in [0.3, 0.4) is 0 Å². The van der Waals surface area contributed by atoms with Gasteiger partial charge >= 0.3 is 5.97 Å². The highest BCUT2D eigenvalue weighted by Crippen LogP contribution is 2.11. The first-order valence-electron chi connectivity index (χ1n) is 3.00. The smallest absolute Gasteiger partial charge is 0.323 e. The molecule has 1 N–H and O–H groups in total. The molecular weight excluding hydrogens is 212 g/mol. The quantitative estimate of drug-likeness (QED) is 0.808. The minimum Gasteiger partial charge on any atom is -0.480 e. The van der Waals surface area contributed by atoms with Crippen molar-refractivity contribution in [2.24, 2.45) is 0 Å². The Hall–Kier alpha value is -0.840. The van der Waals surface area contributed by atoms with Gasteiger partial charge in [0.05, 0.1) is 6.20 Å². The van der Waals surface area contributed by atoms with E-state index in [4.69, 9.17) is 5.11 Å². The van der Waals surface area contributed by atoms with E-state index in [2.05, 4.69) is 20.9 Å². The molecule has 0 saturated heterocycles. The Morgan fingerprint density at radius 3 is 2.91 bits per heavy atom. The molecule has 0 unspecified atom stereocenters. The van der Waals surface area contributed by atoms with Crippen LogP contribution in [0.4, 0.5) is 0 Å². The predicted molar refractivity (Wildman–Crippen MR) is 42.3 cm³/mol. The van der Waals surface area contributed by atoms with Crippen LogP contribution in [0.15, 0.2) is 10.8 Å². The third-order valence-electron chi connectivity index (χ3n) is 1.30. The van der Waals surface area contributed by atoms with Gasteiger partial charge in [0.15, 0.2) is 0 Å².